The van der Waals surface area contributed by atoms with Crippen LogP contribution in [0, 0.1) is 0 Å². The van der Waals surface area contributed by atoms with Crippen molar-refractivity contribution in [2.24, 2.45) is 0 Å². The maximum Gasteiger partial charge on any atom is 0.222 e. The zero-order valence-corrected chi connectivity index (χ0v) is 19.9. The Bertz CT molecular complexity index is 547. The number of hydrogen-bond donors (Lipinski definition) is 5. The second-order valence-corrected chi connectivity index (χ2v) is 8.44. The molecule has 31 heavy (non-hydrogen) atoms. The molecule has 10 nitrogen and oxygen atoms in total. The highest BCUT2D eigenvalue weighted by atomic mass is 16.7. The number of ether oxygens (including phenoxy) is 3. The van der Waals surface area contributed by atoms with Crippen LogP contribution >= 0.6 is 0 Å². The molecule has 5 N–H and O–H groups in total. The summed E-state index contributed by atoms with van der Waals surface area (Å²) in [6, 6.07) is -1.28. The van der Waals surface area contributed by atoms with Crippen molar-refractivity contribution in [2.75, 3.05) is 20.3 Å². The first-order valence-corrected chi connectivity index (χ1v) is 10.7. The first kappa shape index (κ1) is 29.7. The Labute approximate surface area is 185 Å². The van der Waals surface area contributed by atoms with Gasteiger partial charge in [-0.2, -0.15) is 0 Å². The molecule has 184 valence electrons. The van der Waals surface area contributed by atoms with E-state index in [1.165, 1.54) is 14.0 Å². The summed E-state index contributed by atoms with van der Waals surface area (Å²) in [5.41, 5.74) is -1.46. The Balaban J connectivity index is 5.69. The molecule has 0 saturated heterocycles. The number of carbonyl (C=O) groups is 2. The standard InChI is InChI=1S/C21H42N2O8/c1-8-20(5,23-16(26)10-11-29-7)13-21(6,9-2)31-19(30-14(3)12-24)17(18(27)28)22-15(4)25/h14,17-19,24,27-28H,8-13H2,1-7H3,(H,22,25)(H,23,26). The van der Waals surface area contributed by atoms with Crippen LogP contribution in [0.4, 0.5) is 0 Å². The summed E-state index contributed by atoms with van der Waals surface area (Å²) in [5.74, 6) is -0.637. The van der Waals surface area contributed by atoms with Crippen molar-refractivity contribution in [1.29, 1.82) is 0 Å². The zero-order valence-electron chi connectivity index (χ0n) is 19.9. The van der Waals surface area contributed by atoms with Gasteiger partial charge < -0.3 is 40.2 Å². The van der Waals surface area contributed by atoms with Crippen molar-refractivity contribution in [3.8, 4) is 0 Å². The van der Waals surface area contributed by atoms with Gasteiger partial charge >= 0.3 is 0 Å². The number of nitrogens with one attached hydrogen (secondary N) is 2. The van der Waals surface area contributed by atoms with E-state index in [9.17, 15) is 24.9 Å². The SMILES string of the molecule is CCC(C)(CC(C)(CC)OC(OC(C)CO)C(NC(C)=O)C(O)O)NC(=O)CCOC. The van der Waals surface area contributed by atoms with Crippen LogP contribution in [-0.2, 0) is 23.8 Å². The molecule has 0 aliphatic rings. The predicted octanol–water partition coefficient (Wildman–Crippen LogP) is 0.422. The molecule has 2 amide bonds. The third kappa shape index (κ3) is 11.2. The van der Waals surface area contributed by atoms with E-state index in [1.807, 2.05) is 27.7 Å². The summed E-state index contributed by atoms with van der Waals surface area (Å²) in [6.45, 7) is 10.4. The van der Waals surface area contributed by atoms with E-state index in [0.717, 1.165) is 0 Å². The Morgan fingerprint density at radius 3 is 2.16 bits per heavy atom. The monoisotopic (exact) mass is 450 g/mol. The van der Waals surface area contributed by atoms with E-state index in [2.05, 4.69) is 10.6 Å². The lowest BCUT2D eigenvalue weighted by atomic mass is 9.83. The number of rotatable bonds is 16. The van der Waals surface area contributed by atoms with Gasteiger partial charge in [-0.25, -0.2) is 0 Å². The summed E-state index contributed by atoms with van der Waals surface area (Å²) >= 11 is 0. The van der Waals surface area contributed by atoms with Gasteiger partial charge in [0, 0.05) is 26.0 Å². The Morgan fingerprint density at radius 1 is 1.13 bits per heavy atom. The highest BCUT2D eigenvalue weighted by molar-refractivity contribution is 5.76. The molecule has 5 atom stereocenters. The van der Waals surface area contributed by atoms with Gasteiger partial charge in [-0.15, -0.1) is 0 Å². The van der Waals surface area contributed by atoms with Gasteiger partial charge in [0.15, 0.2) is 12.6 Å². The molecule has 0 aromatic carbocycles. The average molecular weight is 451 g/mol. The molecule has 0 aliphatic carbocycles. The third-order valence-electron chi connectivity index (χ3n) is 5.28. The molecule has 0 fully saturated rings. The van der Waals surface area contributed by atoms with Crippen LogP contribution in [0.1, 0.15) is 67.2 Å². The fourth-order valence-corrected chi connectivity index (χ4v) is 3.18. The summed E-state index contributed by atoms with van der Waals surface area (Å²) in [4.78, 5) is 23.9. The van der Waals surface area contributed by atoms with E-state index in [1.54, 1.807) is 6.92 Å². The van der Waals surface area contributed by atoms with Crippen LogP contribution in [-0.4, -0.2) is 83.3 Å². The number of methoxy groups -OCH3 is 1. The van der Waals surface area contributed by atoms with E-state index in [-0.39, 0.29) is 18.9 Å². The van der Waals surface area contributed by atoms with Gasteiger partial charge in [0.25, 0.3) is 0 Å². The van der Waals surface area contributed by atoms with Crippen molar-refractivity contribution >= 4 is 11.8 Å². The first-order chi connectivity index (χ1) is 14.3. The molecule has 0 aromatic rings. The molecule has 0 spiro atoms. The van der Waals surface area contributed by atoms with Crippen molar-refractivity contribution in [1.82, 2.24) is 10.6 Å². The van der Waals surface area contributed by atoms with E-state index in [0.29, 0.717) is 25.9 Å². The number of aliphatic hydroxyl groups is 3. The topological polar surface area (TPSA) is 147 Å². The molecule has 0 aromatic heterocycles. The maximum atomic E-state index is 12.3. The molecule has 0 radical (unpaired) electrons. The minimum atomic E-state index is -1.95. The molecule has 0 heterocycles. The number of carbonyl (C=O) groups excluding carboxylic acids is 2. The molecule has 10 heteroatoms. The normalized spacial score (nSPS) is 18.5. The lowest BCUT2D eigenvalue weighted by molar-refractivity contribution is -0.265. The molecule has 5 unspecified atom stereocenters. The van der Waals surface area contributed by atoms with Crippen LogP contribution in [0.15, 0.2) is 0 Å². The molecule has 0 aliphatic heterocycles. The zero-order chi connectivity index (χ0) is 24.2. The number of amides is 2. The first-order valence-electron chi connectivity index (χ1n) is 10.7. The van der Waals surface area contributed by atoms with Crippen molar-refractivity contribution < 1.29 is 39.1 Å². The van der Waals surface area contributed by atoms with E-state index in [4.69, 9.17) is 14.2 Å². The third-order valence-corrected chi connectivity index (χ3v) is 5.28. The molecule has 0 saturated carbocycles. The Hall–Kier alpha value is -1.30. The van der Waals surface area contributed by atoms with Gasteiger partial charge in [-0.1, -0.05) is 13.8 Å². The van der Waals surface area contributed by atoms with Gasteiger partial charge in [0.2, 0.25) is 11.8 Å². The number of hydrogen-bond acceptors (Lipinski definition) is 8. The summed E-state index contributed by atoms with van der Waals surface area (Å²) in [6.07, 6.45) is -2.11. The quantitative estimate of drug-likeness (QED) is 0.213. The fourth-order valence-electron chi connectivity index (χ4n) is 3.18. The summed E-state index contributed by atoms with van der Waals surface area (Å²) < 4.78 is 16.9. The van der Waals surface area contributed by atoms with Gasteiger partial charge in [0.05, 0.1) is 24.9 Å². The van der Waals surface area contributed by atoms with E-state index >= 15 is 0 Å². The van der Waals surface area contributed by atoms with Gasteiger partial charge in [-0.3, -0.25) is 9.59 Å². The van der Waals surface area contributed by atoms with Crippen LogP contribution < -0.4 is 10.6 Å². The maximum absolute atomic E-state index is 12.3. The molecular weight excluding hydrogens is 408 g/mol. The Morgan fingerprint density at radius 2 is 1.74 bits per heavy atom. The lowest BCUT2D eigenvalue weighted by Crippen LogP contribution is -2.57. The van der Waals surface area contributed by atoms with Crippen molar-refractivity contribution in [2.45, 2.75) is 103 Å². The second kappa shape index (κ2) is 14.0. The Kier molecular flexibility index (Phi) is 13.4. The molecular formula is C21H42N2O8. The summed E-state index contributed by atoms with van der Waals surface area (Å²) in [5, 5.41) is 34.5. The smallest absolute Gasteiger partial charge is 0.222 e. The predicted molar refractivity (Wildman–Crippen MR) is 115 cm³/mol. The number of aliphatic hydroxyl groups excluding tert-OH is 2. The minimum absolute atomic E-state index is 0.145. The largest absolute Gasteiger partial charge is 0.394 e. The van der Waals surface area contributed by atoms with Gasteiger partial charge in [0.1, 0.15) is 6.04 Å². The van der Waals surface area contributed by atoms with Crippen LogP contribution in [0.5, 0.6) is 0 Å². The summed E-state index contributed by atoms with van der Waals surface area (Å²) in [7, 11) is 1.53. The lowest BCUT2D eigenvalue weighted by Gasteiger charge is -2.43. The van der Waals surface area contributed by atoms with Gasteiger partial charge in [-0.05, 0) is 40.0 Å². The minimum Gasteiger partial charge on any atom is -0.394 e. The molecule has 0 rings (SSSR count). The second-order valence-electron chi connectivity index (χ2n) is 8.44. The van der Waals surface area contributed by atoms with E-state index < -0.39 is 41.8 Å². The van der Waals surface area contributed by atoms with Crippen molar-refractivity contribution in [3.63, 3.8) is 0 Å². The van der Waals surface area contributed by atoms with Crippen LogP contribution in [0.2, 0.25) is 0 Å². The van der Waals surface area contributed by atoms with Crippen LogP contribution in [0.3, 0.4) is 0 Å². The molecule has 0 bridgehead atoms. The highest BCUT2D eigenvalue weighted by Gasteiger charge is 2.41. The highest BCUT2D eigenvalue weighted by Crippen LogP contribution is 2.32. The fraction of sp³-hybridized carbons (Fsp3) is 0.905. The average Bonchev–Trinajstić information content (AvgIpc) is 2.69. The van der Waals surface area contributed by atoms with Crippen molar-refractivity contribution in [3.05, 3.63) is 0 Å². The van der Waals surface area contributed by atoms with Crippen LogP contribution in [0.25, 0.3) is 0 Å².